The lowest BCUT2D eigenvalue weighted by molar-refractivity contribution is 0.440. The molecule has 1 fully saturated rings. The fourth-order valence-corrected chi connectivity index (χ4v) is 2.85. The van der Waals surface area contributed by atoms with Gasteiger partial charge in [-0.3, -0.25) is 0 Å². The summed E-state index contributed by atoms with van der Waals surface area (Å²) in [6.45, 7) is 3.42. The van der Waals surface area contributed by atoms with Gasteiger partial charge in [-0.25, -0.2) is 12.7 Å². The maximum atomic E-state index is 10.5. The highest BCUT2D eigenvalue weighted by Gasteiger charge is 2.17. The van der Waals surface area contributed by atoms with Crippen molar-refractivity contribution < 1.29 is 8.42 Å². The van der Waals surface area contributed by atoms with Crippen LogP contribution in [0.5, 0.6) is 0 Å². The van der Waals surface area contributed by atoms with Crippen molar-refractivity contribution in [2.24, 2.45) is 0 Å². The van der Waals surface area contributed by atoms with E-state index in [0.717, 1.165) is 5.75 Å². The average molecular weight is 181 g/mol. The molecule has 60 valence electrons. The van der Waals surface area contributed by atoms with Gasteiger partial charge in [0.25, 0.3) is 0 Å². The smallest absolute Gasteiger partial charge is 0.203 e. The maximum absolute atomic E-state index is 10.5. The van der Waals surface area contributed by atoms with Crippen LogP contribution in [0.25, 0.3) is 0 Å². The van der Waals surface area contributed by atoms with Gasteiger partial charge in [-0.1, -0.05) is 6.92 Å². The van der Waals surface area contributed by atoms with Gasteiger partial charge in [0.05, 0.1) is 0 Å². The highest BCUT2D eigenvalue weighted by Crippen LogP contribution is 2.17. The van der Waals surface area contributed by atoms with Crippen LogP contribution in [0.3, 0.4) is 0 Å². The van der Waals surface area contributed by atoms with Crippen molar-refractivity contribution in [2.75, 3.05) is 18.8 Å². The van der Waals surface area contributed by atoms with Gasteiger partial charge in [0, 0.05) is 24.1 Å². The molecule has 1 unspecified atom stereocenters. The van der Waals surface area contributed by atoms with Crippen molar-refractivity contribution in [3.63, 3.8) is 0 Å². The highest BCUT2D eigenvalue weighted by atomic mass is 32.2. The van der Waals surface area contributed by atoms with Gasteiger partial charge in [0.15, 0.2) is 0 Å². The second kappa shape index (κ2) is 3.59. The van der Waals surface area contributed by atoms with Gasteiger partial charge in [-0.2, -0.15) is 11.8 Å². The van der Waals surface area contributed by atoms with Gasteiger partial charge < -0.3 is 0 Å². The normalized spacial score (nSPS) is 29.2. The summed E-state index contributed by atoms with van der Waals surface area (Å²) >= 11 is 1.83. The molecule has 0 aromatic rings. The number of rotatable bonds is 1. The zero-order chi connectivity index (χ0) is 7.56. The minimum Gasteiger partial charge on any atom is -0.215 e. The van der Waals surface area contributed by atoms with E-state index in [2.05, 4.69) is 6.92 Å². The van der Waals surface area contributed by atoms with Gasteiger partial charge in [-0.15, -0.1) is 0 Å². The van der Waals surface area contributed by atoms with Crippen LogP contribution in [-0.2, 0) is 10.9 Å². The summed E-state index contributed by atoms with van der Waals surface area (Å²) in [5.41, 5.74) is 0. The first-order valence-electron chi connectivity index (χ1n) is 3.21. The molecule has 1 heterocycles. The zero-order valence-corrected chi connectivity index (χ0v) is 7.53. The minimum absolute atomic E-state index is 0.460. The predicted octanol–water partition coefficient (Wildman–Crippen LogP) is -0.0499. The summed E-state index contributed by atoms with van der Waals surface area (Å²) in [6.07, 6.45) is 0. The van der Waals surface area contributed by atoms with E-state index in [1.807, 2.05) is 11.8 Å². The molecule has 0 radical (unpaired) electrons. The summed E-state index contributed by atoms with van der Waals surface area (Å²) in [6, 6.07) is 0. The molecule has 0 aromatic carbocycles. The third-order valence-electron chi connectivity index (χ3n) is 1.45. The first-order chi connectivity index (χ1) is 4.70. The van der Waals surface area contributed by atoms with Crippen LogP contribution in [0.2, 0.25) is 0 Å². The highest BCUT2D eigenvalue weighted by molar-refractivity contribution is 8.00. The molecule has 0 aromatic heterocycles. The van der Waals surface area contributed by atoms with E-state index in [9.17, 15) is 8.42 Å². The summed E-state index contributed by atoms with van der Waals surface area (Å²) in [5, 5.41) is 0.460. The summed E-state index contributed by atoms with van der Waals surface area (Å²) in [7, 11) is -2.33. The van der Waals surface area contributed by atoms with Crippen molar-refractivity contribution in [3.8, 4) is 0 Å². The first kappa shape index (κ1) is 8.36. The Kier molecular flexibility index (Phi) is 3.00. The quantitative estimate of drug-likeness (QED) is 0.576. The topological polar surface area (TPSA) is 37.4 Å². The molecule has 0 N–H and O–H groups in total. The lowest BCUT2D eigenvalue weighted by atomic mass is 10.4. The molecule has 0 amide bonds. The lowest BCUT2D eigenvalue weighted by Crippen LogP contribution is -2.35. The van der Waals surface area contributed by atoms with Crippen LogP contribution in [0, 0.1) is 0 Å². The molecule has 1 atom stereocenters. The molecule has 0 aliphatic carbocycles. The Morgan fingerprint density at radius 2 is 2.30 bits per heavy atom. The maximum Gasteiger partial charge on any atom is 0.203 e. The van der Waals surface area contributed by atoms with E-state index in [1.54, 1.807) is 0 Å². The predicted molar refractivity (Wildman–Crippen MR) is 43.8 cm³/mol. The van der Waals surface area contributed by atoms with Crippen molar-refractivity contribution >= 4 is 22.7 Å². The summed E-state index contributed by atoms with van der Waals surface area (Å²) in [5.74, 6) is 0.935. The number of hydrogen-bond acceptors (Lipinski definition) is 3. The standard InChI is InChI=1S/C5H11NO2S2/c1-5-4-6(10(7)8)2-3-9-5/h5,10H,2-4H2,1H3. The number of thiol groups is 1. The molecule has 0 saturated carbocycles. The monoisotopic (exact) mass is 181 g/mol. The van der Waals surface area contributed by atoms with Crippen molar-refractivity contribution in [2.45, 2.75) is 12.2 Å². The number of hydrogen-bond donors (Lipinski definition) is 1. The molecule has 1 rings (SSSR count). The van der Waals surface area contributed by atoms with Crippen LogP contribution < -0.4 is 0 Å². The van der Waals surface area contributed by atoms with Gasteiger partial charge in [0.2, 0.25) is 10.9 Å². The second-order valence-corrected chi connectivity index (χ2v) is 4.92. The van der Waals surface area contributed by atoms with E-state index < -0.39 is 10.9 Å². The molecule has 0 spiro atoms. The molecular formula is C5H11NO2S2. The van der Waals surface area contributed by atoms with Crippen LogP contribution >= 0.6 is 11.8 Å². The van der Waals surface area contributed by atoms with Crippen LogP contribution in [0.1, 0.15) is 6.92 Å². The fraction of sp³-hybridized carbons (Fsp3) is 1.00. The zero-order valence-electron chi connectivity index (χ0n) is 5.82. The Bertz CT molecular complexity index is 172. The minimum atomic E-state index is -2.33. The summed E-state index contributed by atoms with van der Waals surface area (Å²) < 4.78 is 22.4. The molecule has 1 saturated heterocycles. The van der Waals surface area contributed by atoms with Crippen molar-refractivity contribution in [1.82, 2.24) is 4.31 Å². The molecule has 1 aliphatic rings. The number of thioether (sulfide) groups is 1. The first-order valence-corrected chi connectivity index (χ1v) is 5.39. The van der Waals surface area contributed by atoms with Crippen LogP contribution in [-0.4, -0.2) is 36.8 Å². The fourth-order valence-electron chi connectivity index (χ4n) is 0.948. The van der Waals surface area contributed by atoms with Crippen molar-refractivity contribution in [3.05, 3.63) is 0 Å². The Balaban J connectivity index is 2.47. The van der Waals surface area contributed by atoms with Crippen LogP contribution in [0.15, 0.2) is 0 Å². The van der Waals surface area contributed by atoms with Crippen molar-refractivity contribution in [1.29, 1.82) is 0 Å². The molecular weight excluding hydrogens is 170 g/mol. The number of nitrogens with zero attached hydrogens (tertiary/aromatic N) is 1. The third-order valence-corrected chi connectivity index (χ3v) is 3.41. The van der Waals surface area contributed by atoms with Gasteiger partial charge >= 0.3 is 0 Å². The van der Waals surface area contributed by atoms with Gasteiger partial charge in [0.1, 0.15) is 0 Å². The van der Waals surface area contributed by atoms with E-state index in [4.69, 9.17) is 0 Å². The average Bonchev–Trinajstić information content (AvgIpc) is 1.88. The van der Waals surface area contributed by atoms with E-state index >= 15 is 0 Å². The second-order valence-electron chi connectivity index (χ2n) is 2.33. The Hall–Kier alpha value is 0.260. The lowest BCUT2D eigenvalue weighted by Gasteiger charge is -2.24. The van der Waals surface area contributed by atoms with Gasteiger partial charge in [-0.05, 0) is 0 Å². The molecule has 0 bridgehead atoms. The Morgan fingerprint density at radius 1 is 1.60 bits per heavy atom. The molecule has 10 heavy (non-hydrogen) atoms. The summed E-state index contributed by atoms with van der Waals surface area (Å²) in [4.78, 5) is 0. The van der Waals surface area contributed by atoms with E-state index in [0.29, 0.717) is 18.3 Å². The largest absolute Gasteiger partial charge is 0.215 e. The third kappa shape index (κ3) is 2.14. The molecule has 5 heteroatoms. The Morgan fingerprint density at radius 3 is 2.70 bits per heavy atom. The van der Waals surface area contributed by atoms with E-state index in [-0.39, 0.29) is 0 Å². The molecule has 3 nitrogen and oxygen atoms in total. The van der Waals surface area contributed by atoms with E-state index in [1.165, 1.54) is 4.31 Å². The molecule has 1 aliphatic heterocycles. The SMILES string of the molecule is CC1CN([SH](=O)=O)CCS1. The Labute approximate surface area is 66.9 Å². The van der Waals surface area contributed by atoms with Crippen LogP contribution in [0.4, 0.5) is 0 Å².